The molecule has 0 saturated carbocycles. The highest BCUT2D eigenvalue weighted by molar-refractivity contribution is 5.59. The highest BCUT2D eigenvalue weighted by Gasteiger charge is 1.93. The van der Waals surface area contributed by atoms with Gasteiger partial charge in [-0.2, -0.15) is 0 Å². The maximum atomic E-state index is 9.94. The number of hydrogen-bond donors (Lipinski definition) is 0. The van der Waals surface area contributed by atoms with E-state index in [4.69, 9.17) is 0 Å². The molecule has 0 saturated heterocycles. The Balaban J connectivity index is 3.00. The van der Waals surface area contributed by atoms with Crippen LogP contribution in [0, 0.1) is 6.61 Å². The van der Waals surface area contributed by atoms with Crippen molar-refractivity contribution < 1.29 is 14.3 Å². The molecule has 0 aliphatic carbocycles. The monoisotopic (exact) mass is 103 g/mol. The fourth-order valence-corrected chi connectivity index (χ4v) is 0.144. The number of carbonyl (C=O) groups excluding carboxylic acids is 1. The first-order valence-corrected chi connectivity index (χ1v) is 1.83. The standard InChI is InChI=1S/C4H7O3/c1-3-7-4(5)6-2/h3H,1-2H3. The fourth-order valence-electron chi connectivity index (χ4n) is 0.144. The molecule has 0 aliphatic heterocycles. The molecule has 0 unspecified atom stereocenters. The minimum absolute atomic E-state index is 0.678. The number of carbonyl (C=O) groups is 1. The summed E-state index contributed by atoms with van der Waals surface area (Å²) in [5.74, 6) is 0. The minimum atomic E-state index is -0.678. The zero-order valence-corrected chi connectivity index (χ0v) is 4.30. The van der Waals surface area contributed by atoms with E-state index < -0.39 is 6.16 Å². The summed E-state index contributed by atoms with van der Waals surface area (Å²) in [6.45, 7) is 2.85. The molecule has 0 spiro atoms. The molecule has 0 rings (SSSR count). The molecular formula is C4H7O3. The Kier molecular flexibility index (Phi) is 3.10. The van der Waals surface area contributed by atoms with E-state index in [2.05, 4.69) is 9.47 Å². The van der Waals surface area contributed by atoms with Crippen LogP contribution in [0.4, 0.5) is 4.79 Å². The topological polar surface area (TPSA) is 35.5 Å². The Hall–Kier alpha value is -0.730. The van der Waals surface area contributed by atoms with Gasteiger partial charge in [0.15, 0.2) is 0 Å². The Bertz CT molecular complexity index is 60.0. The lowest BCUT2D eigenvalue weighted by molar-refractivity contribution is 0.0947. The van der Waals surface area contributed by atoms with Gasteiger partial charge in [-0.3, -0.25) is 0 Å². The molecule has 0 N–H and O–H groups in total. The quantitative estimate of drug-likeness (QED) is 0.463. The first-order valence-electron chi connectivity index (χ1n) is 1.83. The molecule has 0 aromatic carbocycles. The molecule has 0 aromatic rings. The van der Waals surface area contributed by atoms with E-state index in [-0.39, 0.29) is 0 Å². The third-order valence-corrected chi connectivity index (χ3v) is 0.381. The molecule has 7 heavy (non-hydrogen) atoms. The van der Waals surface area contributed by atoms with Crippen LogP contribution in [0.1, 0.15) is 6.92 Å². The van der Waals surface area contributed by atoms with E-state index in [1.54, 1.807) is 6.92 Å². The largest absolute Gasteiger partial charge is 0.508 e. The summed E-state index contributed by atoms with van der Waals surface area (Å²) in [6, 6.07) is 0. The van der Waals surface area contributed by atoms with Gasteiger partial charge in [-0.15, -0.1) is 0 Å². The lowest BCUT2D eigenvalue weighted by Gasteiger charge is -1.93. The van der Waals surface area contributed by atoms with Crippen molar-refractivity contribution in [2.45, 2.75) is 6.92 Å². The fraction of sp³-hybridized carbons (Fsp3) is 0.500. The molecule has 3 nitrogen and oxygen atoms in total. The minimum Gasteiger partial charge on any atom is -0.438 e. The molecule has 0 fully saturated rings. The average molecular weight is 103 g/mol. The second-order valence-corrected chi connectivity index (χ2v) is 0.808. The average Bonchev–Trinajstić information content (AvgIpc) is 1.68. The Morgan fingerprint density at radius 1 is 1.71 bits per heavy atom. The van der Waals surface area contributed by atoms with Gasteiger partial charge in [-0.25, -0.2) is 4.79 Å². The SMILES string of the molecule is C[CH]OC(=O)OC. The zero-order chi connectivity index (χ0) is 5.70. The highest BCUT2D eigenvalue weighted by atomic mass is 16.7. The van der Waals surface area contributed by atoms with Crippen molar-refractivity contribution in [2.24, 2.45) is 0 Å². The van der Waals surface area contributed by atoms with Crippen LogP contribution in [0.15, 0.2) is 0 Å². The summed E-state index contributed by atoms with van der Waals surface area (Å²) in [7, 11) is 1.26. The number of rotatable bonds is 1. The summed E-state index contributed by atoms with van der Waals surface area (Å²) in [5.41, 5.74) is 0. The molecule has 41 valence electrons. The second-order valence-electron chi connectivity index (χ2n) is 0.808. The Morgan fingerprint density at radius 2 is 2.29 bits per heavy atom. The number of methoxy groups -OCH3 is 1. The van der Waals surface area contributed by atoms with Crippen LogP contribution in [-0.2, 0) is 9.47 Å². The van der Waals surface area contributed by atoms with Crippen molar-refractivity contribution in [3.63, 3.8) is 0 Å². The summed E-state index contributed by atoms with van der Waals surface area (Å²) in [4.78, 5) is 9.94. The predicted octanol–water partition coefficient (Wildman–Crippen LogP) is 0.951. The number of ether oxygens (including phenoxy) is 2. The van der Waals surface area contributed by atoms with E-state index in [0.717, 1.165) is 0 Å². The van der Waals surface area contributed by atoms with Crippen molar-refractivity contribution in [3.8, 4) is 0 Å². The predicted molar refractivity (Wildman–Crippen MR) is 23.5 cm³/mol. The molecule has 0 aliphatic rings. The van der Waals surface area contributed by atoms with Gasteiger partial charge < -0.3 is 9.47 Å². The van der Waals surface area contributed by atoms with Crippen molar-refractivity contribution in [3.05, 3.63) is 6.61 Å². The van der Waals surface area contributed by atoms with Crippen LogP contribution in [0.25, 0.3) is 0 Å². The normalized spacial score (nSPS) is 7.71. The molecule has 0 aromatic heterocycles. The molecule has 0 atom stereocenters. The second kappa shape index (κ2) is 3.46. The zero-order valence-electron chi connectivity index (χ0n) is 4.30. The molecular weight excluding hydrogens is 96.0 g/mol. The maximum Gasteiger partial charge on any atom is 0.508 e. The van der Waals surface area contributed by atoms with Gasteiger partial charge >= 0.3 is 6.16 Å². The molecule has 0 amide bonds. The van der Waals surface area contributed by atoms with Crippen LogP contribution in [-0.4, -0.2) is 13.3 Å². The summed E-state index contributed by atoms with van der Waals surface area (Å²) < 4.78 is 8.30. The van der Waals surface area contributed by atoms with Gasteiger partial charge in [0.25, 0.3) is 0 Å². The van der Waals surface area contributed by atoms with Crippen LogP contribution in [0.3, 0.4) is 0 Å². The van der Waals surface area contributed by atoms with Gasteiger partial charge in [0.05, 0.1) is 7.11 Å². The van der Waals surface area contributed by atoms with Crippen LogP contribution in [0.2, 0.25) is 0 Å². The van der Waals surface area contributed by atoms with Gasteiger partial charge in [-0.05, 0) is 6.92 Å². The first kappa shape index (κ1) is 6.27. The lowest BCUT2D eigenvalue weighted by atomic mass is 10.9. The third kappa shape index (κ3) is 3.09. The van der Waals surface area contributed by atoms with Crippen LogP contribution in [0.5, 0.6) is 0 Å². The van der Waals surface area contributed by atoms with Crippen LogP contribution < -0.4 is 0 Å². The molecule has 1 radical (unpaired) electrons. The Labute approximate surface area is 42.2 Å². The summed E-state index contributed by atoms with van der Waals surface area (Å²) >= 11 is 0. The van der Waals surface area contributed by atoms with Crippen molar-refractivity contribution >= 4 is 6.16 Å². The first-order chi connectivity index (χ1) is 3.31. The van der Waals surface area contributed by atoms with Gasteiger partial charge in [-0.1, -0.05) is 0 Å². The van der Waals surface area contributed by atoms with Crippen molar-refractivity contribution in [1.29, 1.82) is 0 Å². The molecule has 3 heteroatoms. The van der Waals surface area contributed by atoms with E-state index in [1.165, 1.54) is 13.7 Å². The summed E-state index contributed by atoms with van der Waals surface area (Å²) in [6.07, 6.45) is -0.678. The third-order valence-electron chi connectivity index (χ3n) is 0.381. The smallest absolute Gasteiger partial charge is 0.438 e. The van der Waals surface area contributed by atoms with E-state index in [9.17, 15) is 4.79 Å². The van der Waals surface area contributed by atoms with E-state index in [0.29, 0.717) is 0 Å². The van der Waals surface area contributed by atoms with Gasteiger partial charge in [0.1, 0.15) is 6.61 Å². The molecule has 0 heterocycles. The van der Waals surface area contributed by atoms with Crippen LogP contribution >= 0.6 is 0 Å². The Morgan fingerprint density at radius 3 is 2.43 bits per heavy atom. The van der Waals surface area contributed by atoms with E-state index in [1.807, 2.05) is 0 Å². The van der Waals surface area contributed by atoms with Gasteiger partial charge in [0, 0.05) is 0 Å². The van der Waals surface area contributed by atoms with Crippen molar-refractivity contribution in [2.75, 3.05) is 7.11 Å². The lowest BCUT2D eigenvalue weighted by Crippen LogP contribution is -1.99. The molecule has 0 bridgehead atoms. The maximum absolute atomic E-state index is 9.94. The van der Waals surface area contributed by atoms with Gasteiger partial charge in [0.2, 0.25) is 0 Å². The van der Waals surface area contributed by atoms with Crippen molar-refractivity contribution in [1.82, 2.24) is 0 Å². The summed E-state index contributed by atoms with van der Waals surface area (Å²) in [5, 5.41) is 0. The highest BCUT2D eigenvalue weighted by Crippen LogP contribution is 1.82. The number of hydrogen-bond acceptors (Lipinski definition) is 3. The van der Waals surface area contributed by atoms with E-state index >= 15 is 0 Å².